The number of carbonyl (C=O) groups is 4. The summed E-state index contributed by atoms with van der Waals surface area (Å²) < 4.78 is 41.9. The summed E-state index contributed by atoms with van der Waals surface area (Å²) in [5, 5.41) is 53.1. The van der Waals surface area contributed by atoms with Crippen molar-refractivity contribution in [2.45, 2.75) is 151 Å². The maximum Gasteiger partial charge on any atom is 0.343 e. The van der Waals surface area contributed by atoms with E-state index in [2.05, 4.69) is 22.0 Å². The summed E-state index contributed by atoms with van der Waals surface area (Å²) in [6.45, 7) is 14.3. The van der Waals surface area contributed by atoms with Gasteiger partial charge in [-0.15, -0.1) is 0 Å². The van der Waals surface area contributed by atoms with Gasteiger partial charge in [-0.05, 0) is 117 Å². The van der Waals surface area contributed by atoms with E-state index in [9.17, 15) is 35.1 Å². The number of carbonyl (C=O) groups excluding carboxylic acids is 4. The second kappa shape index (κ2) is 18.2. The van der Waals surface area contributed by atoms with E-state index in [0.29, 0.717) is 18.4 Å². The van der Waals surface area contributed by atoms with Crippen LogP contribution in [-0.2, 0) is 30.2 Å². The summed E-state index contributed by atoms with van der Waals surface area (Å²) in [6.07, 6.45) is 1.25. The normalized spacial score (nSPS) is 34.6. The summed E-state index contributed by atoms with van der Waals surface area (Å²) >= 11 is 3.80. The molecule has 0 radical (unpaired) electrons. The van der Waals surface area contributed by atoms with Crippen LogP contribution in [0.5, 0.6) is 23.0 Å². The molecule has 7 unspecified atom stereocenters. The van der Waals surface area contributed by atoms with E-state index >= 15 is 9.59 Å². The first kappa shape index (κ1) is 50.7. The van der Waals surface area contributed by atoms with Gasteiger partial charge in [0.1, 0.15) is 52.8 Å². The molecule has 4 bridgehead atoms. The zero-order valence-electron chi connectivity index (χ0n) is 40.2. The van der Waals surface area contributed by atoms with Crippen LogP contribution in [0, 0.1) is 11.8 Å². The van der Waals surface area contributed by atoms with E-state index in [1.54, 1.807) is 13.0 Å². The first-order valence-corrected chi connectivity index (χ1v) is 24.0. The summed E-state index contributed by atoms with van der Waals surface area (Å²) in [5.74, 6) is -4.35. The van der Waals surface area contributed by atoms with Gasteiger partial charge in [0, 0.05) is 29.4 Å². The van der Waals surface area contributed by atoms with E-state index in [1.807, 2.05) is 60.6 Å². The lowest BCUT2D eigenvalue weighted by Crippen LogP contribution is -2.86. The van der Waals surface area contributed by atoms with E-state index in [1.165, 1.54) is 37.5 Å². The van der Waals surface area contributed by atoms with E-state index in [4.69, 9.17) is 33.2 Å². The highest BCUT2D eigenvalue weighted by Crippen LogP contribution is 2.73. The van der Waals surface area contributed by atoms with Crippen LogP contribution in [0.4, 0.5) is 0 Å². The van der Waals surface area contributed by atoms with Crippen LogP contribution in [0.1, 0.15) is 113 Å². The Bertz CT molecular complexity index is 2570. The molecule has 4 heterocycles. The number of halogens is 1. The number of aliphatic hydroxyl groups is 5. The topological polar surface area (TPSA) is 234 Å². The monoisotopic (exact) mass is 1020 g/mol. The predicted octanol–water partition coefficient (Wildman–Crippen LogP) is 5.59. The van der Waals surface area contributed by atoms with Crippen LogP contribution >= 0.6 is 15.9 Å². The minimum absolute atomic E-state index is 0.00370. The fourth-order valence-electron chi connectivity index (χ4n) is 11.1. The maximum atomic E-state index is 16.1. The quantitative estimate of drug-likeness (QED) is 0.0541. The highest BCUT2D eigenvalue weighted by atomic mass is 79.9. The van der Waals surface area contributed by atoms with Crippen LogP contribution < -0.4 is 18.9 Å². The van der Waals surface area contributed by atoms with Gasteiger partial charge in [0.15, 0.2) is 32.8 Å². The molecule has 5 N–H and O–H groups in total. The molecule has 2 aromatic rings. The highest BCUT2D eigenvalue weighted by molar-refractivity contribution is 9.10. The van der Waals surface area contributed by atoms with Crippen molar-refractivity contribution >= 4 is 45.5 Å². The molecule has 16 nitrogen and oxygen atoms in total. The molecule has 7 aliphatic rings. The third-order valence-electron chi connectivity index (χ3n) is 14.7. The second-order valence-electron chi connectivity index (χ2n) is 20.2. The van der Waals surface area contributed by atoms with Crippen molar-refractivity contribution in [1.29, 1.82) is 0 Å². The second-order valence-corrected chi connectivity index (χ2v) is 21.5. The molecule has 3 saturated carbocycles. The molecule has 3 aliphatic carbocycles. The Kier molecular flexibility index (Phi) is 13.3. The molecular weight excluding hydrogens is 960 g/mol. The smallest absolute Gasteiger partial charge is 0.343 e. The molecule has 1 spiro atoms. The number of hydrogen-bond acceptors (Lipinski definition) is 16. The number of ether oxygens (including phenoxy) is 7. The van der Waals surface area contributed by atoms with Gasteiger partial charge >= 0.3 is 11.9 Å². The number of allylic oxidation sites excluding steroid dienone is 4. The largest absolute Gasteiger partial charge is 0.482 e. The standard InChI is InChI=1S/C52H61BrO16/c1-25(2)11-10-20-49(8)21-19-31-39(67-49)30(17-12-26(3)4)41-35(40(31)66-46(62)28-13-15-29(16-14-28)64-47-38(57)37(56)36(55)33(24-54)65-47)44(60)51(53)43(59)32-23-34-48(6,7)69-50(42(32)58,52(34,51)68-41)22-18-27(5)45(61)63-9/h11-16,18-19,21,32-34,36-38,43,47,54-57,59H,10,17,20,22-24H2,1-9H3/t32?,33-,34?,36-,37-,38-,43?,47-,49?,50?,51?,52?/m1/s1. The van der Waals surface area contributed by atoms with E-state index < -0.39 is 105 Å². The van der Waals surface area contributed by atoms with Gasteiger partial charge in [-0.2, -0.15) is 0 Å². The third kappa shape index (κ3) is 7.91. The Morgan fingerprint density at radius 2 is 1.58 bits per heavy atom. The number of ketones is 2. The van der Waals surface area contributed by atoms with Crippen LogP contribution in [0.25, 0.3) is 6.08 Å². The number of aliphatic hydroxyl groups excluding tert-OH is 5. The highest BCUT2D eigenvalue weighted by Gasteiger charge is 2.90. The number of alkyl halides is 1. The molecule has 2 saturated heterocycles. The zero-order valence-corrected chi connectivity index (χ0v) is 41.7. The Hall–Kier alpha value is -4.72. The van der Waals surface area contributed by atoms with Crippen molar-refractivity contribution in [3.05, 3.63) is 87.5 Å². The Morgan fingerprint density at radius 1 is 0.899 bits per heavy atom. The summed E-state index contributed by atoms with van der Waals surface area (Å²) in [7, 11) is 1.25. The number of Topliss-reactive ketones (excluding diaryl/α,β-unsaturated/α-hetero) is 2. The number of rotatable bonds is 13. The summed E-state index contributed by atoms with van der Waals surface area (Å²) in [6, 6.07) is 5.51. The van der Waals surface area contributed by atoms with Crippen LogP contribution in [0.2, 0.25) is 0 Å². The Morgan fingerprint density at radius 3 is 2.22 bits per heavy atom. The van der Waals surface area contributed by atoms with Gasteiger partial charge in [0.25, 0.3) is 0 Å². The molecule has 17 heteroatoms. The average molecular weight is 1020 g/mol. The number of hydrogen-bond donors (Lipinski definition) is 5. The molecule has 5 fully saturated rings. The van der Waals surface area contributed by atoms with Gasteiger partial charge in [0.05, 0.1) is 36.5 Å². The summed E-state index contributed by atoms with van der Waals surface area (Å²) in [5.41, 5.74) is -3.06. The minimum Gasteiger partial charge on any atom is -0.482 e. The third-order valence-corrected chi connectivity index (χ3v) is 16.1. The maximum absolute atomic E-state index is 16.1. The first-order chi connectivity index (χ1) is 32.4. The van der Waals surface area contributed by atoms with Crippen molar-refractivity contribution in [3.8, 4) is 23.0 Å². The SMILES string of the molecule is COC(=O)C(C)=CCC12OC(C)(C)C3CC(C1=O)C(O)C1(Br)C(=O)c4c(OC(=O)c5ccc(O[C@@H]6O[C@H](CO)[C@@H](O)[C@@H](O)[C@H]6O)cc5)c5c(c(CC=C(C)C)c4OC321)OC(C)(CCC=C(C)C)C=C5. The van der Waals surface area contributed by atoms with Crippen molar-refractivity contribution < 1.29 is 77.9 Å². The number of esters is 2. The van der Waals surface area contributed by atoms with Gasteiger partial charge < -0.3 is 58.7 Å². The van der Waals surface area contributed by atoms with Crippen molar-refractivity contribution in [1.82, 2.24) is 0 Å². The average Bonchev–Trinajstić information content (AvgIpc) is 3.44. The van der Waals surface area contributed by atoms with Crippen molar-refractivity contribution in [2.24, 2.45) is 11.8 Å². The molecule has 2 aromatic carbocycles. The lowest BCUT2D eigenvalue weighted by molar-refractivity contribution is -0.277. The Balaban J connectivity index is 1.30. The molecule has 4 aliphatic heterocycles. The molecular formula is C52H61BrO16. The van der Waals surface area contributed by atoms with Crippen molar-refractivity contribution in [2.75, 3.05) is 13.7 Å². The molecule has 9 rings (SSSR count). The van der Waals surface area contributed by atoms with Crippen LogP contribution in [-0.4, -0.2) is 126 Å². The molecule has 69 heavy (non-hydrogen) atoms. The number of fused-ring (bicyclic) bond motifs is 2. The molecule has 0 amide bonds. The van der Waals surface area contributed by atoms with Gasteiger partial charge in [0.2, 0.25) is 6.29 Å². The number of methoxy groups -OCH3 is 1. The van der Waals surface area contributed by atoms with Gasteiger partial charge in [-0.3, -0.25) is 9.59 Å². The Labute approximate surface area is 409 Å². The van der Waals surface area contributed by atoms with Crippen LogP contribution in [0.3, 0.4) is 0 Å². The fraction of sp³-hybridized carbons (Fsp3) is 0.538. The minimum atomic E-state index is -2.07. The lowest BCUT2D eigenvalue weighted by Gasteiger charge is -2.65. The number of benzene rings is 2. The van der Waals surface area contributed by atoms with Crippen molar-refractivity contribution in [3.63, 3.8) is 0 Å². The summed E-state index contributed by atoms with van der Waals surface area (Å²) in [4.78, 5) is 58.4. The fourth-order valence-corrected chi connectivity index (χ4v) is 12.3. The first-order valence-electron chi connectivity index (χ1n) is 23.2. The molecule has 372 valence electrons. The lowest BCUT2D eigenvalue weighted by atomic mass is 9.45. The van der Waals surface area contributed by atoms with Gasteiger partial charge in [-0.1, -0.05) is 45.3 Å². The molecule has 0 aromatic heterocycles. The predicted molar refractivity (Wildman–Crippen MR) is 252 cm³/mol. The van der Waals surface area contributed by atoms with Crippen LogP contribution in [0.15, 0.2) is 65.3 Å². The molecule has 12 atom stereocenters. The van der Waals surface area contributed by atoms with Gasteiger partial charge in [-0.25, -0.2) is 9.59 Å². The van der Waals surface area contributed by atoms with E-state index in [-0.39, 0.29) is 64.5 Å². The van der Waals surface area contributed by atoms with E-state index in [0.717, 1.165) is 11.1 Å². The zero-order chi connectivity index (χ0) is 50.3.